The fourth-order valence-electron chi connectivity index (χ4n) is 1.01. The number of nitrogens with zero attached hydrogens (tertiary/aromatic N) is 1. The van der Waals surface area contributed by atoms with E-state index in [4.69, 9.17) is 4.74 Å². The molecule has 0 atom stereocenters. The van der Waals surface area contributed by atoms with Gasteiger partial charge in [0.05, 0.1) is 6.61 Å². The predicted molar refractivity (Wildman–Crippen MR) is 53.6 cm³/mol. The van der Waals surface area contributed by atoms with Gasteiger partial charge in [-0.1, -0.05) is 6.07 Å². The van der Waals surface area contributed by atoms with Crippen molar-refractivity contribution in [2.24, 2.45) is 0 Å². The van der Waals surface area contributed by atoms with E-state index in [-0.39, 0.29) is 23.9 Å². The Morgan fingerprint density at radius 2 is 2.07 bits per heavy atom. The Bertz CT molecular complexity index is 377. The number of esters is 1. The molecule has 0 bridgehead atoms. The third-order valence-electron chi connectivity index (χ3n) is 1.69. The number of pyridine rings is 1. The zero-order chi connectivity index (χ0) is 11.3. The first-order chi connectivity index (χ1) is 7.19. The van der Waals surface area contributed by atoms with E-state index in [1.807, 2.05) is 0 Å². The van der Waals surface area contributed by atoms with Gasteiger partial charge in [0, 0.05) is 7.05 Å². The Balaban J connectivity index is 2.92. The zero-order valence-corrected chi connectivity index (χ0v) is 8.61. The van der Waals surface area contributed by atoms with Gasteiger partial charge in [0.15, 0.2) is 0 Å². The standard InChI is InChI=1S/C10H12N2O3/c1-3-15-10(14)8-6-4-5-7(12-8)9(13)11-2/h4-6H,3H2,1-2H3,(H,11,13). The molecule has 0 unspecified atom stereocenters. The van der Waals surface area contributed by atoms with Gasteiger partial charge in [-0.15, -0.1) is 0 Å². The summed E-state index contributed by atoms with van der Waals surface area (Å²) in [6, 6.07) is 4.62. The normalized spacial score (nSPS) is 9.47. The molecule has 1 aromatic rings. The smallest absolute Gasteiger partial charge is 0.356 e. The third kappa shape index (κ3) is 2.77. The molecule has 1 heterocycles. The molecule has 0 aliphatic rings. The van der Waals surface area contributed by atoms with E-state index in [2.05, 4.69) is 10.3 Å². The number of amides is 1. The average molecular weight is 208 g/mol. The molecule has 1 N–H and O–H groups in total. The van der Waals surface area contributed by atoms with Gasteiger partial charge in [0.25, 0.3) is 5.91 Å². The lowest BCUT2D eigenvalue weighted by atomic mass is 10.3. The summed E-state index contributed by atoms with van der Waals surface area (Å²) in [6.45, 7) is 1.99. The molecule has 0 saturated heterocycles. The molecular weight excluding hydrogens is 196 g/mol. The SMILES string of the molecule is CCOC(=O)c1cccc(C(=O)NC)n1. The van der Waals surface area contributed by atoms with Gasteiger partial charge in [-0.25, -0.2) is 9.78 Å². The van der Waals surface area contributed by atoms with E-state index in [0.29, 0.717) is 0 Å². The maximum Gasteiger partial charge on any atom is 0.356 e. The van der Waals surface area contributed by atoms with Gasteiger partial charge in [-0.3, -0.25) is 4.79 Å². The summed E-state index contributed by atoms with van der Waals surface area (Å²) in [5, 5.41) is 2.43. The van der Waals surface area contributed by atoms with Crippen molar-refractivity contribution >= 4 is 11.9 Å². The van der Waals surface area contributed by atoms with Crippen LogP contribution in [0, 0.1) is 0 Å². The Morgan fingerprint density at radius 1 is 1.40 bits per heavy atom. The first-order valence-corrected chi connectivity index (χ1v) is 4.55. The lowest BCUT2D eigenvalue weighted by molar-refractivity contribution is 0.0519. The summed E-state index contributed by atoms with van der Waals surface area (Å²) in [6.07, 6.45) is 0. The predicted octanol–water partition coefficient (Wildman–Crippen LogP) is 0.618. The van der Waals surface area contributed by atoms with Gasteiger partial charge >= 0.3 is 5.97 Å². The van der Waals surface area contributed by atoms with Crippen LogP contribution in [0.3, 0.4) is 0 Å². The maximum atomic E-state index is 11.3. The molecule has 0 aliphatic heterocycles. The molecular formula is C10H12N2O3. The number of aromatic nitrogens is 1. The molecule has 1 aromatic heterocycles. The summed E-state index contributed by atoms with van der Waals surface area (Å²) in [5.74, 6) is -0.857. The molecule has 0 aliphatic carbocycles. The third-order valence-corrected chi connectivity index (χ3v) is 1.69. The highest BCUT2D eigenvalue weighted by atomic mass is 16.5. The zero-order valence-electron chi connectivity index (χ0n) is 8.61. The number of nitrogens with one attached hydrogen (secondary N) is 1. The molecule has 0 aromatic carbocycles. The Kier molecular flexibility index (Phi) is 3.79. The van der Waals surface area contributed by atoms with Crippen molar-refractivity contribution < 1.29 is 14.3 Å². The molecule has 15 heavy (non-hydrogen) atoms. The van der Waals surface area contributed by atoms with Gasteiger partial charge in [-0.05, 0) is 19.1 Å². The second kappa shape index (κ2) is 5.09. The van der Waals surface area contributed by atoms with Crippen LogP contribution in [0.4, 0.5) is 0 Å². The van der Waals surface area contributed by atoms with Crippen molar-refractivity contribution in [3.63, 3.8) is 0 Å². The van der Waals surface area contributed by atoms with Crippen molar-refractivity contribution in [2.45, 2.75) is 6.92 Å². The van der Waals surface area contributed by atoms with E-state index in [1.165, 1.54) is 19.2 Å². The number of ether oxygens (including phenoxy) is 1. The molecule has 5 nitrogen and oxygen atoms in total. The quantitative estimate of drug-likeness (QED) is 0.739. The van der Waals surface area contributed by atoms with Crippen LogP contribution in [0.5, 0.6) is 0 Å². The van der Waals surface area contributed by atoms with Crippen molar-refractivity contribution in [1.82, 2.24) is 10.3 Å². The summed E-state index contributed by atoms with van der Waals surface area (Å²) >= 11 is 0. The molecule has 0 saturated carbocycles. The van der Waals surface area contributed by atoms with Crippen molar-refractivity contribution in [2.75, 3.05) is 13.7 Å². The van der Waals surface area contributed by atoms with E-state index < -0.39 is 5.97 Å². The van der Waals surface area contributed by atoms with E-state index in [0.717, 1.165) is 0 Å². The van der Waals surface area contributed by atoms with Crippen LogP contribution >= 0.6 is 0 Å². The van der Waals surface area contributed by atoms with E-state index in [1.54, 1.807) is 13.0 Å². The molecule has 1 rings (SSSR count). The van der Waals surface area contributed by atoms with Gasteiger partial charge < -0.3 is 10.1 Å². The minimum absolute atomic E-state index is 0.137. The van der Waals surface area contributed by atoms with E-state index >= 15 is 0 Å². The van der Waals surface area contributed by atoms with Crippen LogP contribution in [0.25, 0.3) is 0 Å². The Morgan fingerprint density at radius 3 is 2.67 bits per heavy atom. The second-order valence-corrected chi connectivity index (χ2v) is 2.71. The van der Waals surface area contributed by atoms with Gasteiger partial charge in [0.1, 0.15) is 11.4 Å². The van der Waals surface area contributed by atoms with Crippen LogP contribution < -0.4 is 5.32 Å². The van der Waals surface area contributed by atoms with Crippen LogP contribution in [0.1, 0.15) is 27.9 Å². The second-order valence-electron chi connectivity index (χ2n) is 2.71. The monoisotopic (exact) mass is 208 g/mol. The fourth-order valence-corrected chi connectivity index (χ4v) is 1.01. The maximum absolute atomic E-state index is 11.3. The minimum Gasteiger partial charge on any atom is -0.461 e. The summed E-state index contributed by atoms with van der Waals surface area (Å²) in [4.78, 5) is 26.4. The Hall–Kier alpha value is -1.91. The summed E-state index contributed by atoms with van der Waals surface area (Å²) in [7, 11) is 1.50. The number of rotatable bonds is 3. The van der Waals surface area contributed by atoms with Crippen molar-refractivity contribution in [1.29, 1.82) is 0 Å². The number of hydrogen-bond acceptors (Lipinski definition) is 4. The number of carbonyl (C=O) groups excluding carboxylic acids is 2. The van der Waals surface area contributed by atoms with Crippen LogP contribution in [-0.2, 0) is 4.74 Å². The molecule has 80 valence electrons. The van der Waals surface area contributed by atoms with Crippen LogP contribution in [0.15, 0.2) is 18.2 Å². The lowest BCUT2D eigenvalue weighted by Gasteiger charge is -2.02. The molecule has 0 spiro atoms. The largest absolute Gasteiger partial charge is 0.461 e. The highest BCUT2D eigenvalue weighted by Gasteiger charge is 2.11. The average Bonchev–Trinajstić information content (AvgIpc) is 2.28. The first-order valence-electron chi connectivity index (χ1n) is 4.55. The van der Waals surface area contributed by atoms with Gasteiger partial charge in [0.2, 0.25) is 0 Å². The van der Waals surface area contributed by atoms with Crippen LogP contribution in [0.2, 0.25) is 0 Å². The van der Waals surface area contributed by atoms with Crippen molar-refractivity contribution in [3.8, 4) is 0 Å². The lowest BCUT2D eigenvalue weighted by Crippen LogP contribution is -2.20. The molecule has 5 heteroatoms. The summed E-state index contributed by atoms with van der Waals surface area (Å²) < 4.78 is 4.76. The first kappa shape index (κ1) is 11.2. The minimum atomic E-state index is -0.525. The molecule has 0 radical (unpaired) electrons. The molecule has 1 amide bonds. The topological polar surface area (TPSA) is 68.3 Å². The van der Waals surface area contributed by atoms with Crippen LogP contribution in [-0.4, -0.2) is 30.5 Å². The fraction of sp³-hybridized carbons (Fsp3) is 0.300. The highest BCUT2D eigenvalue weighted by Crippen LogP contribution is 2.01. The molecule has 0 fully saturated rings. The number of carbonyl (C=O) groups is 2. The summed E-state index contributed by atoms with van der Waals surface area (Å²) in [5.41, 5.74) is 0.334. The van der Waals surface area contributed by atoms with E-state index in [9.17, 15) is 9.59 Å². The highest BCUT2D eigenvalue weighted by molar-refractivity contribution is 5.94. The number of hydrogen-bond donors (Lipinski definition) is 1. The Labute approximate surface area is 87.5 Å². The van der Waals surface area contributed by atoms with Crippen molar-refractivity contribution in [3.05, 3.63) is 29.6 Å². The van der Waals surface area contributed by atoms with Gasteiger partial charge in [-0.2, -0.15) is 0 Å².